The van der Waals surface area contributed by atoms with Gasteiger partial charge in [-0.3, -0.25) is 14.9 Å². The van der Waals surface area contributed by atoms with Gasteiger partial charge in [0, 0.05) is 25.2 Å². The molecule has 0 saturated heterocycles. The highest BCUT2D eigenvalue weighted by Gasteiger charge is 2.33. The molecule has 2 rings (SSSR count). The summed E-state index contributed by atoms with van der Waals surface area (Å²) in [6.45, 7) is 0.250. The maximum atomic E-state index is 12.3. The Morgan fingerprint density at radius 2 is 2.10 bits per heavy atom. The number of carbonyl (C=O) groups excluding carboxylic acids is 1. The molecule has 0 aromatic heterocycles. The van der Waals surface area contributed by atoms with Crippen molar-refractivity contribution < 1.29 is 14.8 Å². The molecule has 1 saturated carbocycles. The number of carbonyl (C=O) groups is 1. The number of likely N-dealkylation sites (N-methyl/N-ethyl adjacent to an activating group) is 1. The maximum absolute atomic E-state index is 12.3. The second kappa shape index (κ2) is 5.99. The number of amides is 1. The molecule has 0 radical (unpaired) electrons. The van der Waals surface area contributed by atoms with Crippen molar-refractivity contribution in [1.29, 1.82) is 0 Å². The molecular weight excluding hydrogens is 296 g/mol. The molecule has 0 aliphatic heterocycles. The van der Waals surface area contributed by atoms with Gasteiger partial charge in [0.15, 0.2) is 0 Å². The number of hydrogen-bond donors (Lipinski definition) is 1. The van der Waals surface area contributed by atoms with E-state index in [9.17, 15) is 20.0 Å². The monoisotopic (exact) mass is 312 g/mol. The van der Waals surface area contributed by atoms with Crippen LogP contribution in [0.2, 0.25) is 5.02 Å². The van der Waals surface area contributed by atoms with E-state index in [0.29, 0.717) is 12.8 Å². The number of aliphatic hydroxyl groups is 1. The normalized spacial score (nSPS) is 16.7. The number of benzene rings is 1. The average molecular weight is 313 g/mol. The van der Waals surface area contributed by atoms with E-state index in [2.05, 4.69) is 0 Å². The lowest BCUT2D eigenvalue weighted by atomic mass is 10.0. The second-order valence-corrected chi connectivity index (χ2v) is 5.92. The van der Waals surface area contributed by atoms with Crippen LogP contribution in [-0.2, 0) is 0 Å². The fourth-order valence-electron chi connectivity index (χ4n) is 2.71. The largest absolute Gasteiger partial charge is 0.388 e. The van der Waals surface area contributed by atoms with Crippen molar-refractivity contribution in [2.24, 2.45) is 0 Å². The Balaban J connectivity index is 2.12. The standard InChI is InChI=1S/C14H17ClN2O4/c1-16(9-14(19)6-2-3-7-14)13(18)10-4-5-12(17(20)21)11(15)8-10/h4-5,8,19H,2-3,6-7,9H2,1H3. The molecule has 1 N–H and O–H groups in total. The predicted molar refractivity (Wildman–Crippen MR) is 78.5 cm³/mol. The smallest absolute Gasteiger partial charge is 0.287 e. The van der Waals surface area contributed by atoms with Gasteiger partial charge in [0.2, 0.25) is 0 Å². The highest BCUT2D eigenvalue weighted by molar-refractivity contribution is 6.33. The van der Waals surface area contributed by atoms with Crippen molar-refractivity contribution in [3.8, 4) is 0 Å². The van der Waals surface area contributed by atoms with Gasteiger partial charge in [0.05, 0.1) is 10.5 Å². The number of nitrogens with zero attached hydrogens (tertiary/aromatic N) is 2. The third kappa shape index (κ3) is 3.51. The molecule has 0 bridgehead atoms. The quantitative estimate of drug-likeness (QED) is 0.684. The summed E-state index contributed by atoms with van der Waals surface area (Å²) in [6.07, 6.45) is 3.29. The van der Waals surface area contributed by atoms with Crippen LogP contribution in [0.25, 0.3) is 0 Å². The molecule has 1 aromatic rings. The molecule has 1 aliphatic carbocycles. The van der Waals surface area contributed by atoms with E-state index in [0.717, 1.165) is 12.8 Å². The number of rotatable bonds is 4. The van der Waals surface area contributed by atoms with E-state index < -0.39 is 10.5 Å². The molecule has 114 valence electrons. The third-order valence-corrected chi connectivity index (χ3v) is 4.11. The zero-order chi connectivity index (χ0) is 15.6. The molecule has 0 atom stereocenters. The number of hydrogen-bond acceptors (Lipinski definition) is 4. The zero-order valence-electron chi connectivity index (χ0n) is 11.7. The molecule has 6 nitrogen and oxygen atoms in total. The predicted octanol–water partition coefficient (Wildman–Crippen LogP) is 2.63. The van der Waals surface area contributed by atoms with Crippen LogP contribution in [0, 0.1) is 10.1 Å². The number of nitro groups is 1. The van der Waals surface area contributed by atoms with Crippen molar-refractivity contribution in [3.63, 3.8) is 0 Å². The Hall–Kier alpha value is -1.66. The van der Waals surface area contributed by atoms with Gasteiger partial charge >= 0.3 is 0 Å². The fraction of sp³-hybridized carbons (Fsp3) is 0.500. The van der Waals surface area contributed by atoms with Gasteiger partial charge < -0.3 is 10.0 Å². The van der Waals surface area contributed by atoms with Gasteiger partial charge in [-0.1, -0.05) is 24.4 Å². The highest BCUT2D eigenvalue weighted by atomic mass is 35.5. The molecule has 7 heteroatoms. The van der Waals surface area contributed by atoms with E-state index in [-0.39, 0.29) is 28.7 Å². The first-order chi connectivity index (χ1) is 9.82. The number of nitro benzene ring substituents is 1. The van der Waals surface area contributed by atoms with Crippen molar-refractivity contribution in [3.05, 3.63) is 38.9 Å². The van der Waals surface area contributed by atoms with Gasteiger partial charge in [0.25, 0.3) is 11.6 Å². The minimum atomic E-state index is -0.824. The summed E-state index contributed by atoms with van der Waals surface area (Å²) < 4.78 is 0. The SMILES string of the molecule is CN(CC1(O)CCCC1)C(=O)c1ccc([N+](=O)[O-])c(Cl)c1. The molecular formula is C14H17ClN2O4. The summed E-state index contributed by atoms with van der Waals surface area (Å²) in [4.78, 5) is 23.8. The van der Waals surface area contributed by atoms with Gasteiger partial charge in [-0.25, -0.2) is 0 Å². The van der Waals surface area contributed by atoms with Crippen LogP contribution < -0.4 is 0 Å². The summed E-state index contributed by atoms with van der Waals surface area (Å²) in [5.41, 5.74) is -0.783. The average Bonchev–Trinajstić information content (AvgIpc) is 2.83. The summed E-state index contributed by atoms with van der Waals surface area (Å²) in [5.74, 6) is -0.313. The van der Waals surface area contributed by atoms with Gasteiger partial charge in [-0.15, -0.1) is 0 Å². The molecule has 1 aromatic carbocycles. The Bertz CT molecular complexity index is 570. The van der Waals surface area contributed by atoms with Crippen LogP contribution in [0.3, 0.4) is 0 Å². The van der Waals surface area contributed by atoms with Crippen LogP contribution in [0.1, 0.15) is 36.0 Å². The van der Waals surface area contributed by atoms with Crippen molar-refractivity contribution in [1.82, 2.24) is 4.90 Å². The molecule has 1 aliphatic rings. The third-order valence-electron chi connectivity index (χ3n) is 3.80. The van der Waals surface area contributed by atoms with Gasteiger partial charge in [-0.2, -0.15) is 0 Å². The van der Waals surface area contributed by atoms with Crippen molar-refractivity contribution >= 4 is 23.2 Å². The van der Waals surface area contributed by atoms with Crippen LogP contribution in [-0.4, -0.2) is 40.0 Å². The van der Waals surface area contributed by atoms with E-state index in [4.69, 9.17) is 11.6 Å². The van der Waals surface area contributed by atoms with E-state index >= 15 is 0 Å². The van der Waals surface area contributed by atoms with E-state index in [1.165, 1.54) is 23.1 Å². The van der Waals surface area contributed by atoms with Crippen LogP contribution in [0.5, 0.6) is 0 Å². The Kier molecular flexibility index (Phi) is 4.49. The fourth-order valence-corrected chi connectivity index (χ4v) is 2.96. The molecule has 1 fully saturated rings. The van der Waals surface area contributed by atoms with Crippen molar-refractivity contribution in [2.75, 3.05) is 13.6 Å². The first-order valence-electron chi connectivity index (χ1n) is 6.74. The van der Waals surface area contributed by atoms with E-state index in [1.807, 2.05) is 0 Å². The summed E-state index contributed by atoms with van der Waals surface area (Å²) in [6, 6.07) is 3.88. The molecule has 21 heavy (non-hydrogen) atoms. The lowest BCUT2D eigenvalue weighted by molar-refractivity contribution is -0.384. The van der Waals surface area contributed by atoms with Gasteiger partial charge in [-0.05, 0) is 25.0 Å². The zero-order valence-corrected chi connectivity index (χ0v) is 12.5. The molecule has 1 amide bonds. The highest BCUT2D eigenvalue weighted by Crippen LogP contribution is 2.30. The van der Waals surface area contributed by atoms with Crippen LogP contribution in [0.4, 0.5) is 5.69 Å². The van der Waals surface area contributed by atoms with Crippen LogP contribution >= 0.6 is 11.6 Å². The van der Waals surface area contributed by atoms with Gasteiger partial charge in [0.1, 0.15) is 5.02 Å². The molecule has 0 spiro atoms. The minimum Gasteiger partial charge on any atom is -0.388 e. The molecule has 0 heterocycles. The first kappa shape index (κ1) is 15.7. The number of halogens is 1. The minimum absolute atomic E-state index is 0.0705. The molecule has 0 unspecified atom stereocenters. The maximum Gasteiger partial charge on any atom is 0.287 e. The first-order valence-corrected chi connectivity index (χ1v) is 7.12. The summed E-state index contributed by atoms with van der Waals surface area (Å²) >= 11 is 5.81. The Morgan fingerprint density at radius 1 is 1.48 bits per heavy atom. The lowest BCUT2D eigenvalue weighted by Crippen LogP contribution is -2.42. The topological polar surface area (TPSA) is 83.7 Å². The van der Waals surface area contributed by atoms with Crippen molar-refractivity contribution in [2.45, 2.75) is 31.3 Å². The van der Waals surface area contributed by atoms with Crippen LogP contribution in [0.15, 0.2) is 18.2 Å². The Labute approximate surface area is 127 Å². The van der Waals surface area contributed by atoms with E-state index in [1.54, 1.807) is 7.05 Å². The Morgan fingerprint density at radius 3 is 2.62 bits per heavy atom. The summed E-state index contributed by atoms with van der Waals surface area (Å²) in [7, 11) is 1.61. The summed E-state index contributed by atoms with van der Waals surface area (Å²) in [5, 5.41) is 21.0. The lowest BCUT2D eigenvalue weighted by Gasteiger charge is -2.28. The second-order valence-electron chi connectivity index (χ2n) is 5.52.